The molecule has 1 aliphatic rings. The number of benzene rings is 3. The molecule has 1 aliphatic heterocycles. The number of ether oxygens (including phenoxy) is 2. The molecule has 3 aromatic carbocycles. The molecule has 1 heterocycles. The summed E-state index contributed by atoms with van der Waals surface area (Å²) in [6.45, 7) is 0.144. The van der Waals surface area contributed by atoms with Crippen molar-refractivity contribution in [3.05, 3.63) is 93.7 Å². The zero-order chi connectivity index (χ0) is 22.7. The van der Waals surface area contributed by atoms with Crippen molar-refractivity contribution < 1.29 is 23.5 Å². The summed E-state index contributed by atoms with van der Waals surface area (Å²) in [6.07, 6.45) is 1.47. The molecule has 8 heteroatoms. The van der Waals surface area contributed by atoms with Crippen LogP contribution in [0.1, 0.15) is 11.1 Å². The molecule has 2 amide bonds. The van der Waals surface area contributed by atoms with E-state index in [0.717, 1.165) is 5.56 Å². The number of para-hydroxylation sites is 1. The van der Waals surface area contributed by atoms with Crippen LogP contribution in [0.15, 0.2) is 76.8 Å². The Bertz CT molecular complexity index is 1200. The number of hydrazine groups is 1. The third-order valence-electron chi connectivity index (χ3n) is 4.77. The predicted molar refractivity (Wildman–Crippen MR) is 121 cm³/mol. The topological polar surface area (TPSA) is 67.9 Å². The largest absolute Gasteiger partial charge is 0.493 e. The molecule has 162 valence electrons. The Morgan fingerprint density at radius 2 is 1.78 bits per heavy atom. The van der Waals surface area contributed by atoms with Crippen LogP contribution in [0.5, 0.6) is 11.5 Å². The summed E-state index contributed by atoms with van der Waals surface area (Å²) in [5, 5.41) is 1.20. The van der Waals surface area contributed by atoms with E-state index in [0.29, 0.717) is 27.2 Å². The van der Waals surface area contributed by atoms with E-state index in [9.17, 15) is 14.0 Å². The van der Waals surface area contributed by atoms with Gasteiger partial charge in [-0.2, -0.15) is 0 Å². The van der Waals surface area contributed by atoms with Gasteiger partial charge in [-0.1, -0.05) is 46.3 Å². The molecule has 0 bridgehead atoms. The average molecular weight is 497 g/mol. The molecule has 0 radical (unpaired) electrons. The molecule has 4 rings (SSSR count). The minimum Gasteiger partial charge on any atom is -0.493 e. The minimum atomic E-state index is -0.526. The summed E-state index contributed by atoms with van der Waals surface area (Å²) in [6, 6.07) is 18.2. The van der Waals surface area contributed by atoms with Gasteiger partial charge in [-0.15, -0.1) is 0 Å². The van der Waals surface area contributed by atoms with Gasteiger partial charge >= 0.3 is 0 Å². The van der Waals surface area contributed by atoms with Crippen molar-refractivity contribution in [2.45, 2.75) is 6.61 Å². The fourth-order valence-corrected chi connectivity index (χ4v) is 3.66. The Morgan fingerprint density at radius 3 is 2.47 bits per heavy atom. The molecular formula is C24H18BrFN2O4. The van der Waals surface area contributed by atoms with Gasteiger partial charge in [-0.3, -0.25) is 15.0 Å². The highest BCUT2D eigenvalue weighted by molar-refractivity contribution is 9.10. The molecule has 0 spiro atoms. The normalized spacial score (nSPS) is 14.6. The number of nitrogens with zero attached hydrogens (tertiary/aromatic N) is 1. The molecule has 32 heavy (non-hydrogen) atoms. The predicted octanol–water partition coefficient (Wildman–Crippen LogP) is 4.64. The maximum atomic E-state index is 13.2. The number of hydrogen-bond donors (Lipinski definition) is 1. The van der Waals surface area contributed by atoms with Crippen LogP contribution in [0.2, 0.25) is 0 Å². The highest BCUT2D eigenvalue weighted by atomic mass is 79.9. The quantitative estimate of drug-likeness (QED) is 0.398. The molecule has 6 nitrogen and oxygen atoms in total. The molecule has 3 aromatic rings. The monoisotopic (exact) mass is 496 g/mol. The first kappa shape index (κ1) is 21.6. The van der Waals surface area contributed by atoms with E-state index in [1.807, 2.05) is 6.07 Å². The van der Waals surface area contributed by atoms with Crippen LogP contribution in [0.25, 0.3) is 6.08 Å². The Balaban J connectivity index is 1.68. The van der Waals surface area contributed by atoms with Crippen molar-refractivity contribution in [1.82, 2.24) is 5.43 Å². The van der Waals surface area contributed by atoms with Crippen LogP contribution in [-0.4, -0.2) is 18.9 Å². The lowest BCUT2D eigenvalue weighted by atomic mass is 10.1. The van der Waals surface area contributed by atoms with E-state index in [1.54, 1.807) is 48.5 Å². The lowest BCUT2D eigenvalue weighted by Crippen LogP contribution is -2.35. The van der Waals surface area contributed by atoms with E-state index < -0.39 is 11.8 Å². The molecule has 0 saturated carbocycles. The highest BCUT2D eigenvalue weighted by Gasteiger charge is 2.34. The number of amides is 2. The van der Waals surface area contributed by atoms with Crippen LogP contribution in [-0.2, 0) is 16.2 Å². The maximum absolute atomic E-state index is 13.2. The van der Waals surface area contributed by atoms with Crippen LogP contribution in [0, 0.1) is 5.82 Å². The third kappa shape index (κ3) is 4.50. The lowest BCUT2D eigenvalue weighted by molar-refractivity contribution is -0.117. The Labute approximate surface area is 192 Å². The number of anilines is 1. The molecule has 0 atom stereocenters. The number of rotatable bonds is 6. The van der Waals surface area contributed by atoms with Crippen LogP contribution < -0.4 is 19.9 Å². The minimum absolute atomic E-state index is 0.0411. The second-order valence-corrected chi connectivity index (χ2v) is 7.83. The van der Waals surface area contributed by atoms with Crippen LogP contribution in [0.4, 0.5) is 10.1 Å². The van der Waals surface area contributed by atoms with Crippen LogP contribution in [0.3, 0.4) is 0 Å². The molecular weight excluding hydrogens is 479 g/mol. The van der Waals surface area contributed by atoms with Crippen molar-refractivity contribution in [3.63, 3.8) is 0 Å². The molecule has 1 N–H and O–H groups in total. The zero-order valence-electron chi connectivity index (χ0n) is 17.0. The smallest absolute Gasteiger partial charge is 0.282 e. The van der Waals surface area contributed by atoms with Gasteiger partial charge in [-0.25, -0.2) is 9.40 Å². The van der Waals surface area contributed by atoms with Gasteiger partial charge in [0.15, 0.2) is 11.5 Å². The Hall–Kier alpha value is -3.65. The number of methoxy groups -OCH3 is 1. The van der Waals surface area contributed by atoms with Gasteiger partial charge in [0.2, 0.25) is 0 Å². The summed E-state index contributed by atoms with van der Waals surface area (Å²) in [7, 11) is 1.49. The van der Waals surface area contributed by atoms with Crippen molar-refractivity contribution in [2.24, 2.45) is 0 Å². The number of carbonyl (C=O) groups is 2. The highest BCUT2D eigenvalue weighted by Crippen LogP contribution is 2.37. The van der Waals surface area contributed by atoms with Crippen molar-refractivity contribution in [1.29, 1.82) is 0 Å². The molecule has 0 aromatic heterocycles. The van der Waals surface area contributed by atoms with Crippen molar-refractivity contribution >= 4 is 39.5 Å². The second kappa shape index (κ2) is 9.23. The molecule has 1 saturated heterocycles. The van der Waals surface area contributed by atoms with Gasteiger partial charge < -0.3 is 9.47 Å². The lowest BCUT2D eigenvalue weighted by Gasteiger charge is -2.15. The fourth-order valence-electron chi connectivity index (χ4n) is 3.21. The van der Waals surface area contributed by atoms with Gasteiger partial charge in [0.25, 0.3) is 11.8 Å². The molecule has 0 aliphatic carbocycles. The van der Waals surface area contributed by atoms with Gasteiger partial charge in [0.05, 0.1) is 12.8 Å². The van der Waals surface area contributed by atoms with Crippen molar-refractivity contribution in [2.75, 3.05) is 12.1 Å². The van der Waals surface area contributed by atoms with Gasteiger partial charge in [0.1, 0.15) is 18.0 Å². The molecule has 1 fully saturated rings. The zero-order valence-corrected chi connectivity index (χ0v) is 18.6. The van der Waals surface area contributed by atoms with Gasteiger partial charge in [0, 0.05) is 10.0 Å². The number of hydrogen-bond acceptors (Lipinski definition) is 4. The number of halogens is 2. The summed E-state index contributed by atoms with van der Waals surface area (Å²) in [4.78, 5) is 25.5. The van der Waals surface area contributed by atoms with E-state index in [4.69, 9.17) is 9.47 Å². The second-order valence-electron chi connectivity index (χ2n) is 6.92. The first-order chi connectivity index (χ1) is 15.5. The van der Waals surface area contributed by atoms with Crippen LogP contribution >= 0.6 is 15.9 Å². The SMILES string of the molecule is COc1cc(Br)cc(/C=C2\C(=O)NN(c3ccccc3)C2=O)c1OCc1ccc(F)cc1. The average Bonchev–Trinajstić information content (AvgIpc) is 3.08. The maximum Gasteiger partial charge on any atom is 0.282 e. The van der Waals surface area contributed by atoms with Crippen molar-refractivity contribution in [3.8, 4) is 11.5 Å². The number of carbonyl (C=O) groups excluding carboxylic acids is 2. The van der Waals surface area contributed by atoms with Gasteiger partial charge in [-0.05, 0) is 48.0 Å². The van der Waals surface area contributed by atoms with E-state index >= 15 is 0 Å². The van der Waals surface area contributed by atoms with E-state index in [2.05, 4.69) is 21.4 Å². The van der Waals surface area contributed by atoms with E-state index in [1.165, 1.54) is 30.3 Å². The summed E-state index contributed by atoms with van der Waals surface area (Å²) in [5.74, 6) is -0.577. The standard InChI is InChI=1S/C24H18BrFN2O4/c1-31-21-13-17(25)11-16(22(21)32-14-15-7-9-18(26)10-8-15)12-20-23(29)27-28(24(20)30)19-5-3-2-4-6-19/h2-13H,14H2,1H3,(H,27,29)/b20-12+. The fraction of sp³-hybridized carbons (Fsp3) is 0.0833. The summed E-state index contributed by atoms with van der Waals surface area (Å²) < 4.78 is 25.3. The number of nitrogens with one attached hydrogen (secondary N) is 1. The Kier molecular flexibility index (Phi) is 6.23. The first-order valence-corrected chi connectivity index (χ1v) is 10.4. The van der Waals surface area contributed by atoms with E-state index in [-0.39, 0.29) is 18.0 Å². The third-order valence-corrected chi connectivity index (χ3v) is 5.23. The summed E-state index contributed by atoms with van der Waals surface area (Å²) in [5.41, 5.74) is 4.31. The first-order valence-electron chi connectivity index (χ1n) is 9.63. The Morgan fingerprint density at radius 1 is 1.06 bits per heavy atom. The molecule has 0 unspecified atom stereocenters. The summed E-state index contributed by atoms with van der Waals surface area (Å²) >= 11 is 3.42.